The van der Waals surface area contributed by atoms with Crippen LogP contribution in [0.25, 0.3) is 0 Å². The van der Waals surface area contributed by atoms with E-state index in [2.05, 4.69) is 119 Å². The average molecular weight is 1460 g/mol. The second-order valence-corrected chi connectivity index (χ2v) is 31.8. The number of fused-ring (bicyclic) bond motifs is 2. The topological polar surface area (TPSA) is 249 Å². The minimum atomic E-state index is -3.63. The van der Waals surface area contributed by atoms with Gasteiger partial charge in [0.15, 0.2) is 12.3 Å². The molecule has 4 aliphatic heterocycles. The van der Waals surface area contributed by atoms with Crippen LogP contribution in [0, 0.1) is 0 Å². The highest BCUT2D eigenvalue weighted by molar-refractivity contribution is 7.83. The second kappa shape index (κ2) is 32.2. The molecule has 6 heterocycles. The minimum absolute atomic E-state index is 0.0169. The zero-order chi connectivity index (χ0) is 71.6. The van der Waals surface area contributed by atoms with Crippen molar-refractivity contribution in [2.24, 2.45) is 15.0 Å². The molecule has 24 nitrogen and oxygen atoms in total. The lowest BCUT2D eigenvalue weighted by Gasteiger charge is -2.40. The van der Waals surface area contributed by atoms with Gasteiger partial charge in [-0.25, -0.2) is 34.3 Å². The molecule has 13 rings (SSSR count). The number of carbonyl (C=O) groups is 1. The summed E-state index contributed by atoms with van der Waals surface area (Å²) in [5.41, 5.74) is 6.11. The van der Waals surface area contributed by atoms with Gasteiger partial charge >= 0.3 is 13.7 Å². The molecular formula is C74H83Cl2N15O9P2. The molecule has 5 N–H and O–H groups in total. The Balaban J connectivity index is 0.000000193. The van der Waals surface area contributed by atoms with Crippen LogP contribution in [-0.4, -0.2) is 152 Å². The van der Waals surface area contributed by atoms with Crippen LogP contribution in [0.15, 0.2) is 228 Å². The second-order valence-electron chi connectivity index (χ2n) is 25.3. The van der Waals surface area contributed by atoms with E-state index in [1.807, 2.05) is 143 Å². The minimum Gasteiger partial charge on any atom is -0.497 e. The summed E-state index contributed by atoms with van der Waals surface area (Å²) in [5, 5.41) is 17.5. The number of aromatic nitrogens is 4. The monoisotopic (exact) mass is 1460 g/mol. The molecule has 28 heteroatoms. The Morgan fingerprint density at radius 2 is 0.931 bits per heavy atom. The van der Waals surface area contributed by atoms with E-state index in [1.54, 1.807) is 86.2 Å². The fraction of sp³-hybridized carbons (Fsp3) is 0.297. The number of methoxy groups -OCH3 is 2. The molecule has 102 heavy (non-hydrogen) atoms. The maximum absolute atomic E-state index is 13.2. The van der Waals surface area contributed by atoms with Crippen molar-refractivity contribution in [3.8, 4) is 11.5 Å². The number of ether oxygens (including phenoxy) is 4. The average Bonchev–Trinajstić information content (AvgIpc) is 1.08. The summed E-state index contributed by atoms with van der Waals surface area (Å²) >= 11 is 12.7. The molecule has 0 spiro atoms. The smallest absolute Gasteiger partial charge is 0.362 e. The van der Waals surface area contributed by atoms with Gasteiger partial charge in [0.25, 0.3) is 5.91 Å². The van der Waals surface area contributed by atoms with Gasteiger partial charge in [0, 0.05) is 44.6 Å². The lowest BCUT2D eigenvalue weighted by Crippen LogP contribution is -2.53. The number of nitrogens with zero attached hydrogens (tertiary/aromatic N) is 10. The van der Waals surface area contributed by atoms with E-state index in [0.29, 0.717) is 35.6 Å². The number of nitrogens with one attached hydrogen (secondary N) is 5. The van der Waals surface area contributed by atoms with E-state index in [0.717, 1.165) is 50.7 Å². The Morgan fingerprint density at radius 3 is 1.32 bits per heavy atom. The molecule has 0 radical (unpaired) electrons. The molecule has 10 unspecified atom stereocenters. The number of imidazole rings is 2. The third kappa shape index (κ3) is 15.9. The number of anilines is 2. The Bertz CT molecular complexity index is 4370. The van der Waals surface area contributed by atoms with Crippen molar-refractivity contribution in [3.05, 3.63) is 263 Å². The first-order valence-electron chi connectivity index (χ1n) is 33.2. The van der Waals surface area contributed by atoms with E-state index >= 15 is 0 Å². The van der Waals surface area contributed by atoms with Gasteiger partial charge < -0.3 is 48.8 Å². The summed E-state index contributed by atoms with van der Waals surface area (Å²) in [6.07, 6.45) is 5.92. The normalized spacial score (nSPS) is 21.2. The molecule has 4 aliphatic rings. The van der Waals surface area contributed by atoms with Crippen LogP contribution in [0.2, 0.25) is 0 Å². The molecule has 10 atom stereocenters. The third-order valence-electron chi connectivity index (χ3n) is 18.3. The lowest BCUT2D eigenvalue weighted by molar-refractivity contribution is -0.0222. The lowest BCUT2D eigenvalue weighted by atomic mass is 9.76. The van der Waals surface area contributed by atoms with Crippen LogP contribution in [0.3, 0.4) is 0 Å². The number of rotatable bonds is 26. The summed E-state index contributed by atoms with van der Waals surface area (Å²) in [6.45, 7) is -7.29. The molecule has 9 aromatic rings. The number of benzene rings is 7. The predicted molar refractivity (Wildman–Crippen MR) is 399 cm³/mol. The summed E-state index contributed by atoms with van der Waals surface area (Å²) in [4.78, 5) is 37.8. The predicted octanol–water partition coefficient (Wildman–Crippen LogP) is 13.0. The number of carbonyl (C=O) groups excluding carboxylic acids is 1. The van der Waals surface area contributed by atoms with E-state index < -0.39 is 61.8 Å². The van der Waals surface area contributed by atoms with Gasteiger partial charge in [0.05, 0.1) is 82.4 Å². The molecule has 2 aromatic heterocycles. The van der Waals surface area contributed by atoms with Gasteiger partial charge in [-0.15, -0.1) is 0 Å². The Labute approximate surface area is 603 Å². The summed E-state index contributed by atoms with van der Waals surface area (Å²) < 4.78 is 69.4. The van der Waals surface area contributed by atoms with Crippen molar-refractivity contribution in [2.45, 2.75) is 73.0 Å². The first kappa shape index (κ1) is 72.9. The van der Waals surface area contributed by atoms with Crippen LogP contribution in [0.5, 0.6) is 11.5 Å². The molecular weight excluding hydrogens is 1380 g/mol. The number of halogens is 2. The van der Waals surface area contributed by atoms with Crippen LogP contribution in [-0.2, 0) is 38.7 Å². The molecule has 532 valence electrons. The highest BCUT2D eigenvalue weighted by Gasteiger charge is 2.49. The SMILES string of the molecule is COc1ccc(C(NC2CC(n3cnc4c3NC=NC4N=CN(C)C)OC2COP(=O)(Cl)N(C)C)(c2ccccc2)c2ccccc2)cc1.COc1ccc(C(NC2CC(n3cnc4c3NC=NC4NC(=O)c3ccccc3)OC2COP(=O)(Cl)N(C)C)(c2ccccc2)c2ccccc2)cc1. The van der Waals surface area contributed by atoms with Gasteiger partial charge in [-0.05, 0) is 120 Å². The van der Waals surface area contributed by atoms with Crippen LogP contribution >= 0.6 is 36.2 Å². The maximum Gasteiger partial charge on any atom is 0.362 e. The molecule has 0 aliphatic carbocycles. The Morgan fingerprint density at radius 1 is 0.559 bits per heavy atom. The summed E-state index contributed by atoms with van der Waals surface area (Å²) in [6, 6.07) is 65.5. The van der Waals surface area contributed by atoms with Gasteiger partial charge in [-0.2, -0.15) is 0 Å². The molecule has 1 amide bonds. The fourth-order valence-electron chi connectivity index (χ4n) is 13.0. The molecule has 0 saturated carbocycles. The molecule has 7 aromatic carbocycles. The zero-order valence-corrected chi connectivity index (χ0v) is 61.0. The summed E-state index contributed by atoms with van der Waals surface area (Å²) in [7, 11) is 13.6. The third-order valence-corrected chi connectivity index (χ3v) is 23.5. The Hall–Kier alpha value is -8.84. The molecule has 0 bridgehead atoms. The molecule has 2 saturated heterocycles. The number of amides is 1. The van der Waals surface area contributed by atoms with Crippen molar-refractivity contribution in [3.63, 3.8) is 0 Å². The van der Waals surface area contributed by atoms with Crippen molar-refractivity contribution >= 4 is 72.8 Å². The number of hydrogen-bond acceptors (Lipinski definition) is 18. The van der Waals surface area contributed by atoms with Crippen LogP contribution in [0.1, 0.15) is 92.8 Å². The fourth-order valence-corrected chi connectivity index (χ4v) is 14.5. The van der Waals surface area contributed by atoms with Crippen LogP contribution < -0.4 is 36.1 Å². The largest absolute Gasteiger partial charge is 0.497 e. The van der Waals surface area contributed by atoms with E-state index in [-0.39, 0.29) is 31.2 Å². The van der Waals surface area contributed by atoms with Crippen molar-refractivity contribution < 1.29 is 41.9 Å². The van der Waals surface area contributed by atoms with Crippen molar-refractivity contribution in [1.29, 1.82) is 0 Å². The van der Waals surface area contributed by atoms with Gasteiger partial charge in [-0.1, -0.05) is 164 Å². The van der Waals surface area contributed by atoms with Gasteiger partial charge in [0.1, 0.15) is 47.0 Å². The number of hydrogen-bond donors (Lipinski definition) is 5. The quantitative estimate of drug-likeness (QED) is 0.0146. The van der Waals surface area contributed by atoms with E-state index in [1.165, 1.54) is 9.34 Å². The van der Waals surface area contributed by atoms with E-state index in [9.17, 15) is 13.9 Å². The van der Waals surface area contributed by atoms with Gasteiger partial charge in [0.2, 0.25) is 0 Å². The highest BCUT2D eigenvalue weighted by Crippen LogP contribution is 2.56. The molecule has 2 fully saturated rings. The van der Waals surface area contributed by atoms with Gasteiger partial charge in [-0.3, -0.25) is 33.7 Å². The highest BCUT2D eigenvalue weighted by atomic mass is 35.7. The maximum atomic E-state index is 13.2. The first-order chi connectivity index (χ1) is 49.3. The van der Waals surface area contributed by atoms with E-state index in [4.69, 9.17) is 55.5 Å². The standard InChI is InChI=1S/C39H41ClN7O5P.C35H42ClN8O4P/c1-46(2)53(40,49)51-24-33-32(23-34(52-33)47-26-43-35-36(41-25-42-37(35)47)44-38(48)27-13-7-4-8-14-27)45-39(28-15-9-5-10-16-28,29-17-11-6-12-18-29)30-19-21-31(50-3)22-20-30;1-42(2)23-40-33-32-34(38-22-37-33)44(24-39-32)31-20-29(30(48-31)21-47-49(36,45)43(3)4)41-35(25-12-8-6-9-13-25,26-14-10-7-11-15-26)27-16-18-28(46-5)19-17-27/h4-22,25-26,32-34,36,45H,23-24H2,1-3H3,(H,41,42)(H,44,48);6-19,22-24,29-31,33,41H,20-21H2,1-5H3,(H,37,38). The van der Waals surface area contributed by atoms with Crippen LogP contribution in [0.4, 0.5) is 11.6 Å². The van der Waals surface area contributed by atoms with Crippen molar-refractivity contribution in [2.75, 3.05) is 80.4 Å². The Kier molecular flexibility index (Phi) is 23.0. The summed E-state index contributed by atoms with van der Waals surface area (Å²) in [5.74, 6) is 2.60. The first-order valence-corrected chi connectivity index (χ1v) is 38.1. The number of aliphatic imine (C=N–C) groups is 3. The van der Waals surface area contributed by atoms with Crippen molar-refractivity contribution in [1.82, 2.24) is 49.3 Å². The zero-order valence-electron chi connectivity index (χ0n) is 57.7.